The molecule has 54 heavy (non-hydrogen) atoms. The number of quaternary nitrogens is 1. The Bertz CT molecular complexity index is 938. The van der Waals surface area contributed by atoms with Gasteiger partial charge in [-0.2, -0.15) is 0 Å². The van der Waals surface area contributed by atoms with Crippen LogP contribution in [0.1, 0.15) is 206 Å². The lowest BCUT2D eigenvalue weighted by molar-refractivity contribution is -0.870. The van der Waals surface area contributed by atoms with Crippen LogP contribution in [0.4, 0.5) is 0 Å². The molecule has 9 nitrogen and oxygen atoms in total. The lowest BCUT2D eigenvalue weighted by Crippen LogP contribution is -2.37. The first kappa shape index (κ1) is 52.8. The van der Waals surface area contributed by atoms with E-state index in [-0.39, 0.29) is 26.1 Å². The third-order valence-corrected chi connectivity index (χ3v) is 10.7. The van der Waals surface area contributed by atoms with Crippen LogP contribution in [0.2, 0.25) is 0 Å². The number of phosphoric ester groups is 1. The summed E-state index contributed by atoms with van der Waals surface area (Å²) in [5, 5.41) is 0. The average Bonchev–Trinajstić information content (AvgIpc) is 3.12. The summed E-state index contributed by atoms with van der Waals surface area (Å²) < 4.78 is 33.9. The van der Waals surface area contributed by atoms with E-state index in [9.17, 15) is 19.0 Å². The number of ether oxygens (including phenoxy) is 2. The monoisotopic (exact) mass is 788 g/mol. The molecule has 10 heteroatoms. The van der Waals surface area contributed by atoms with Crippen LogP contribution in [0, 0.1) is 0 Å². The van der Waals surface area contributed by atoms with Gasteiger partial charge < -0.3 is 27.9 Å². The smallest absolute Gasteiger partial charge is 0.306 e. The zero-order valence-electron chi connectivity index (χ0n) is 35.9. The van der Waals surface area contributed by atoms with Gasteiger partial charge in [0.1, 0.15) is 19.8 Å². The van der Waals surface area contributed by atoms with Crippen molar-refractivity contribution in [2.45, 2.75) is 213 Å². The molecule has 0 bridgehead atoms. The van der Waals surface area contributed by atoms with Gasteiger partial charge in [-0.1, -0.05) is 167 Å². The lowest BCUT2D eigenvalue weighted by Gasteiger charge is -2.28. The molecule has 2 atom stereocenters. The highest BCUT2D eigenvalue weighted by Gasteiger charge is 2.21. The summed E-state index contributed by atoms with van der Waals surface area (Å²) in [6.07, 6.45) is 38.0. The first-order chi connectivity index (χ1) is 26.0. The van der Waals surface area contributed by atoms with Crippen molar-refractivity contribution < 1.29 is 42.1 Å². The van der Waals surface area contributed by atoms with Gasteiger partial charge in [0.2, 0.25) is 0 Å². The van der Waals surface area contributed by atoms with Crippen molar-refractivity contribution in [3.05, 3.63) is 12.2 Å². The molecule has 0 saturated heterocycles. The van der Waals surface area contributed by atoms with Crippen molar-refractivity contribution in [3.8, 4) is 0 Å². The van der Waals surface area contributed by atoms with Gasteiger partial charge in [0.05, 0.1) is 27.7 Å². The van der Waals surface area contributed by atoms with Crippen LogP contribution in [-0.2, 0) is 32.7 Å². The van der Waals surface area contributed by atoms with Gasteiger partial charge in [-0.05, 0) is 38.5 Å². The highest BCUT2D eigenvalue weighted by atomic mass is 31.2. The zero-order valence-corrected chi connectivity index (χ0v) is 36.8. The van der Waals surface area contributed by atoms with Crippen molar-refractivity contribution in [2.24, 2.45) is 0 Å². The number of phosphoric acid groups is 1. The zero-order chi connectivity index (χ0) is 40.0. The first-order valence-corrected chi connectivity index (χ1v) is 23.9. The Labute approximate surface area is 333 Å². The SMILES string of the molecule is CCCCCCCCCC/C=C/CCCCCC(=O)OC[C@H](COP(=O)([O-])OCC[N+](C)(C)C)OC(=O)CCCCCCCCCCCCCCCCC. The minimum Gasteiger partial charge on any atom is -0.756 e. The van der Waals surface area contributed by atoms with E-state index in [1.165, 1.54) is 128 Å². The van der Waals surface area contributed by atoms with Crippen molar-refractivity contribution in [3.63, 3.8) is 0 Å². The number of likely N-dealkylation sites (N-methyl/N-ethyl adjacent to an activating group) is 1. The summed E-state index contributed by atoms with van der Waals surface area (Å²) in [4.78, 5) is 37.5. The maximum atomic E-state index is 12.7. The Hall–Kier alpha value is -1.25. The van der Waals surface area contributed by atoms with E-state index in [1.54, 1.807) is 0 Å². The second-order valence-electron chi connectivity index (χ2n) is 16.4. The van der Waals surface area contributed by atoms with E-state index >= 15 is 0 Å². The molecule has 0 fully saturated rings. The van der Waals surface area contributed by atoms with Crippen LogP contribution in [0.25, 0.3) is 0 Å². The van der Waals surface area contributed by atoms with Gasteiger partial charge in [-0.25, -0.2) is 0 Å². The number of allylic oxidation sites excluding steroid dienone is 2. The predicted octanol–water partition coefficient (Wildman–Crippen LogP) is 11.9. The van der Waals surface area contributed by atoms with Gasteiger partial charge in [0.15, 0.2) is 6.10 Å². The van der Waals surface area contributed by atoms with Crippen LogP contribution >= 0.6 is 7.82 Å². The van der Waals surface area contributed by atoms with E-state index in [1.807, 2.05) is 21.1 Å². The molecule has 0 rings (SSSR count). The average molecular weight is 788 g/mol. The summed E-state index contributed by atoms with van der Waals surface area (Å²) in [7, 11) is 1.17. The Balaban J connectivity index is 4.35. The van der Waals surface area contributed by atoms with Crippen molar-refractivity contribution in [1.82, 2.24) is 0 Å². The molecular weight excluding hydrogens is 701 g/mol. The molecule has 0 heterocycles. The quantitative estimate of drug-likeness (QED) is 0.0198. The number of rotatable bonds is 41. The molecule has 0 aliphatic rings. The first-order valence-electron chi connectivity index (χ1n) is 22.4. The minimum atomic E-state index is -4.62. The number of hydrogen-bond acceptors (Lipinski definition) is 8. The number of unbranched alkanes of at least 4 members (excludes halogenated alkanes) is 25. The highest BCUT2D eigenvalue weighted by Crippen LogP contribution is 2.38. The molecule has 0 amide bonds. The maximum absolute atomic E-state index is 12.7. The van der Waals surface area contributed by atoms with Crippen molar-refractivity contribution >= 4 is 19.8 Å². The summed E-state index contributed by atoms with van der Waals surface area (Å²) in [5.41, 5.74) is 0. The van der Waals surface area contributed by atoms with Gasteiger partial charge >= 0.3 is 11.9 Å². The highest BCUT2D eigenvalue weighted by molar-refractivity contribution is 7.45. The van der Waals surface area contributed by atoms with Crippen molar-refractivity contribution in [2.75, 3.05) is 47.5 Å². The molecule has 0 saturated carbocycles. The normalized spacial score (nSPS) is 13.7. The van der Waals surface area contributed by atoms with Gasteiger partial charge in [-0.3, -0.25) is 14.2 Å². The fourth-order valence-electron chi connectivity index (χ4n) is 6.24. The van der Waals surface area contributed by atoms with Crippen LogP contribution in [0.5, 0.6) is 0 Å². The molecule has 0 N–H and O–H groups in total. The number of hydrogen-bond donors (Lipinski definition) is 0. The van der Waals surface area contributed by atoms with Gasteiger partial charge in [0, 0.05) is 12.8 Å². The third kappa shape index (κ3) is 40.4. The van der Waals surface area contributed by atoms with Crippen LogP contribution in [-0.4, -0.2) is 70.0 Å². The number of esters is 2. The molecule has 0 aromatic heterocycles. The second-order valence-corrected chi connectivity index (χ2v) is 17.8. The second kappa shape index (κ2) is 37.3. The Kier molecular flexibility index (Phi) is 36.5. The molecule has 0 spiro atoms. The number of carbonyl (C=O) groups is 2. The minimum absolute atomic E-state index is 0.0298. The fraction of sp³-hybridized carbons (Fsp3) is 0.909. The standard InChI is InChI=1S/C44H86NO8P/c1-6-8-10-12-14-16-18-20-22-24-26-28-30-32-34-36-43(46)50-40-42(41-52-54(48,49)51-39-38-45(3,4)5)53-44(47)37-35-33-31-29-27-25-23-21-19-17-15-13-11-9-7-2/h24,26,42H,6-23,25,27-41H2,1-5H3/b26-24+/t42-/m1/s1. The van der Waals surface area contributed by atoms with E-state index in [2.05, 4.69) is 26.0 Å². The molecule has 0 aromatic rings. The van der Waals surface area contributed by atoms with Crippen LogP contribution < -0.4 is 4.89 Å². The molecule has 0 radical (unpaired) electrons. The summed E-state index contributed by atoms with van der Waals surface area (Å²) in [6.45, 7) is 4.23. The summed E-state index contributed by atoms with van der Waals surface area (Å²) >= 11 is 0. The summed E-state index contributed by atoms with van der Waals surface area (Å²) in [6, 6.07) is 0. The molecule has 320 valence electrons. The Morgan fingerprint density at radius 2 is 0.944 bits per heavy atom. The van der Waals surface area contributed by atoms with Gasteiger partial charge in [0.25, 0.3) is 7.82 Å². The molecule has 1 unspecified atom stereocenters. The number of nitrogens with zero attached hydrogens (tertiary/aromatic N) is 1. The maximum Gasteiger partial charge on any atom is 0.306 e. The van der Waals surface area contributed by atoms with Crippen LogP contribution in [0.15, 0.2) is 12.2 Å². The summed E-state index contributed by atoms with van der Waals surface area (Å²) in [5.74, 6) is -0.843. The fourth-order valence-corrected chi connectivity index (χ4v) is 6.97. The molecule has 0 aliphatic carbocycles. The van der Waals surface area contributed by atoms with E-state index in [4.69, 9.17) is 18.5 Å². The van der Waals surface area contributed by atoms with Crippen molar-refractivity contribution in [1.29, 1.82) is 0 Å². The lowest BCUT2D eigenvalue weighted by atomic mass is 10.0. The number of carbonyl (C=O) groups excluding carboxylic acids is 2. The Morgan fingerprint density at radius 1 is 0.556 bits per heavy atom. The largest absolute Gasteiger partial charge is 0.756 e. The predicted molar refractivity (Wildman–Crippen MR) is 222 cm³/mol. The van der Waals surface area contributed by atoms with Crippen LogP contribution in [0.3, 0.4) is 0 Å². The molecule has 0 aliphatic heterocycles. The van der Waals surface area contributed by atoms with E-state index in [0.717, 1.165) is 38.5 Å². The molecule has 0 aromatic carbocycles. The third-order valence-electron chi connectivity index (χ3n) is 9.79. The Morgan fingerprint density at radius 3 is 1.39 bits per heavy atom. The van der Waals surface area contributed by atoms with E-state index < -0.39 is 32.5 Å². The van der Waals surface area contributed by atoms with E-state index in [0.29, 0.717) is 23.9 Å². The van der Waals surface area contributed by atoms with Gasteiger partial charge in [-0.15, -0.1) is 0 Å². The molecular formula is C44H86NO8P. The topological polar surface area (TPSA) is 111 Å².